The highest BCUT2D eigenvalue weighted by Gasteiger charge is 2.39. The van der Waals surface area contributed by atoms with Crippen molar-refractivity contribution in [2.45, 2.75) is 12.5 Å². The lowest BCUT2D eigenvalue weighted by molar-refractivity contribution is -0.114. The number of halogens is 2. The number of carbonyl (C=O) groups excluding carboxylic acids is 2. The van der Waals surface area contributed by atoms with Gasteiger partial charge in [-0.3, -0.25) is 19.5 Å². The van der Waals surface area contributed by atoms with E-state index < -0.39 is 11.7 Å². The maximum atomic E-state index is 12.8. The Labute approximate surface area is 204 Å². The molecule has 0 fully saturated rings. The van der Waals surface area contributed by atoms with Crippen LogP contribution in [0.4, 0.5) is 5.69 Å². The van der Waals surface area contributed by atoms with Crippen molar-refractivity contribution >= 4 is 50.6 Å². The first-order valence-corrected chi connectivity index (χ1v) is 11.5. The highest BCUT2D eigenvalue weighted by Crippen LogP contribution is 2.39. The molecule has 0 aliphatic carbocycles. The van der Waals surface area contributed by atoms with Gasteiger partial charge >= 0.3 is 5.91 Å². The van der Waals surface area contributed by atoms with E-state index in [-0.39, 0.29) is 12.7 Å². The molecular weight excluding hydrogens is 506 g/mol. The van der Waals surface area contributed by atoms with Gasteiger partial charge in [-0.1, -0.05) is 45.7 Å². The van der Waals surface area contributed by atoms with Crippen molar-refractivity contribution in [3.63, 3.8) is 0 Å². The molecule has 0 saturated heterocycles. The standard InChI is InChI=1S/C25H19BrClN3O3/c1-33-17-9-6-15(7-10-17)21-13-23(18-4-2-3-5-20(18)27)30(28-21)14-29-22-12-16(26)8-11-19(22)24(31)25(29)32/h2-12,23H,13-14H2,1H3/t23-/m0/s1. The van der Waals surface area contributed by atoms with E-state index in [9.17, 15) is 9.59 Å². The smallest absolute Gasteiger partial charge is 0.301 e. The Balaban J connectivity index is 1.53. The Morgan fingerprint density at radius 1 is 1.09 bits per heavy atom. The highest BCUT2D eigenvalue weighted by molar-refractivity contribution is 9.10. The Bertz CT molecular complexity index is 1290. The molecule has 3 aromatic carbocycles. The summed E-state index contributed by atoms with van der Waals surface area (Å²) >= 11 is 9.98. The summed E-state index contributed by atoms with van der Waals surface area (Å²) in [4.78, 5) is 26.9. The molecule has 2 aliphatic heterocycles. The van der Waals surface area contributed by atoms with Crippen LogP contribution >= 0.6 is 27.5 Å². The Morgan fingerprint density at radius 2 is 1.85 bits per heavy atom. The quantitative estimate of drug-likeness (QED) is 0.417. The number of anilines is 1. The molecule has 0 spiro atoms. The number of ketones is 1. The van der Waals surface area contributed by atoms with Crippen LogP contribution in [0.5, 0.6) is 5.75 Å². The number of methoxy groups -OCH3 is 1. The fourth-order valence-electron chi connectivity index (χ4n) is 4.21. The molecule has 2 aliphatic rings. The third-order valence-electron chi connectivity index (χ3n) is 5.90. The second-order valence-corrected chi connectivity index (χ2v) is 9.14. The lowest BCUT2D eigenvalue weighted by Gasteiger charge is -2.29. The molecule has 0 saturated carbocycles. The number of ether oxygens (including phenoxy) is 1. The van der Waals surface area contributed by atoms with Gasteiger partial charge in [-0.2, -0.15) is 5.10 Å². The molecule has 1 amide bonds. The monoisotopic (exact) mass is 523 g/mol. The van der Waals surface area contributed by atoms with Gasteiger partial charge in [-0.25, -0.2) is 0 Å². The number of rotatable bonds is 5. The van der Waals surface area contributed by atoms with Crippen LogP contribution in [0.3, 0.4) is 0 Å². The fourth-order valence-corrected chi connectivity index (χ4v) is 4.82. The maximum Gasteiger partial charge on any atom is 0.301 e. The van der Waals surface area contributed by atoms with E-state index in [2.05, 4.69) is 15.9 Å². The minimum atomic E-state index is -0.561. The van der Waals surface area contributed by atoms with Gasteiger partial charge in [0, 0.05) is 15.9 Å². The van der Waals surface area contributed by atoms with E-state index in [1.165, 1.54) is 4.90 Å². The molecule has 8 heteroatoms. The number of amides is 1. The number of nitrogens with zero attached hydrogens (tertiary/aromatic N) is 3. The lowest BCUT2D eigenvalue weighted by Crippen LogP contribution is -2.39. The summed E-state index contributed by atoms with van der Waals surface area (Å²) < 4.78 is 6.06. The van der Waals surface area contributed by atoms with Gasteiger partial charge < -0.3 is 4.74 Å². The third kappa shape index (κ3) is 3.92. The molecule has 166 valence electrons. The van der Waals surface area contributed by atoms with E-state index in [0.29, 0.717) is 22.7 Å². The van der Waals surface area contributed by atoms with Crippen molar-refractivity contribution in [2.24, 2.45) is 5.10 Å². The van der Waals surface area contributed by atoms with E-state index in [1.54, 1.807) is 25.3 Å². The minimum absolute atomic E-state index is 0.129. The molecule has 0 aromatic heterocycles. The van der Waals surface area contributed by atoms with Crippen molar-refractivity contribution in [2.75, 3.05) is 18.7 Å². The number of hydrogen-bond donors (Lipinski definition) is 0. The maximum absolute atomic E-state index is 12.8. The first-order valence-electron chi connectivity index (χ1n) is 10.3. The molecule has 0 bridgehead atoms. The number of carbonyl (C=O) groups is 2. The summed E-state index contributed by atoms with van der Waals surface area (Å²) in [5.41, 5.74) is 3.72. The summed E-state index contributed by atoms with van der Waals surface area (Å²) in [6.07, 6.45) is 0.609. The summed E-state index contributed by atoms with van der Waals surface area (Å²) in [6, 6.07) is 20.4. The zero-order chi connectivity index (χ0) is 23.1. The van der Waals surface area contributed by atoms with Gasteiger partial charge in [0.15, 0.2) is 0 Å². The minimum Gasteiger partial charge on any atom is -0.497 e. The molecule has 33 heavy (non-hydrogen) atoms. The highest BCUT2D eigenvalue weighted by atomic mass is 79.9. The Hall–Kier alpha value is -3.16. The van der Waals surface area contributed by atoms with Crippen molar-refractivity contribution in [3.05, 3.63) is 92.9 Å². The molecule has 6 nitrogen and oxygen atoms in total. The summed E-state index contributed by atoms with van der Waals surface area (Å²) in [7, 11) is 1.63. The topological polar surface area (TPSA) is 62.2 Å². The van der Waals surface area contributed by atoms with Gasteiger partial charge in [0.1, 0.15) is 12.4 Å². The zero-order valence-corrected chi connectivity index (χ0v) is 20.0. The largest absolute Gasteiger partial charge is 0.497 e. The first kappa shape index (κ1) is 21.7. The normalized spacial score (nSPS) is 17.4. The molecule has 1 atom stereocenters. The predicted octanol–water partition coefficient (Wildman–Crippen LogP) is 5.45. The molecule has 0 radical (unpaired) electrons. The predicted molar refractivity (Wildman–Crippen MR) is 131 cm³/mol. The Morgan fingerprint density at radius 3 is 2.58 bits per heavy atom. The fraction of sp³-hybridized carbons (Fsp3) is 0.160. The van der Waals surface area contributed by atoms with Gasteiger partial charge in [-0.05, 0) is 59.7 Å². The van der Waals surface area contributed by atoms with Crippen molar-refractivity contribution < 1.29 is 14.3 Å². The average molecular weight is 525 g/mol. The van der Waals surface area contributed by atoms with Crippen LogP contribution in [-0.4, -0.2) is 36.2 Å². The van der Waals surface area contributed by atoms with Gasteiger partial charge in [0.05, 0.1) is 30.1 Å². The number of hydrazone groups is 1. The van der Waals surface area contributed by atoms with Crippen LogP contribution in [0, 0.1) is 0 Å². The second kappa shape index (κ2) is 8.65. The van der Waals surface area contributed by atoms with E-state index >= 15 is 0 Å². The number of fused-ring (bicyclic) bond motifs is 1. The number of hydrogen-bond acceptors (Lipinski definition) is 5. The Kier molecular flexibility index (Phi) is 5.68. The summed E-state index contributed by atoms with van der Waals surface area (Å²) in [5.74, 6) is -0.306. The lowest BCUT2D eigenvalue weighted by atomic mass is 9.98. The summed E-state index contributed by atoms with van der Waals surface area (Å²) in [6.45, 7) is 0.129. The molecule has 0 N–H and O–H groups in total. The van der Waals surface area contributed by atoms with Crippen LogP contribution < -0.4 is 9.64 Å². The van der Waals surface area contributed by atoms with Crippen LogP contribution in [0.15, 0.2) is 76.3 Å². The second-order valence-electron chi connectivity index (χ2n) is 7.82. The number of benzene rings is 3. The van der Waals surface area contributed by atoms with E-state index in [1.807, 2.05) is 53.5 Å². The molecule has 5 rings (SSSR count). The van der Waals surface area contributed by atoms with Crippen LogP contribution in [0.1, 0.15) is 33.9 Å². The van der Waals surface area contributed by atoms with Crippen molar-refractivity contribution in [1.29, 1.82) is 0 Å². The third-order valence-corrected chi connectivity index (χ3v) is 6.74. The van der Waals surface area contributed by atoms with Gasteiger partial charge in [0.25, 0.3) is 5.78 Å². The van der Waals surface area contributed by atoms with Crippen molar-refractivity contribution in [1.82, 2.24) is 5.01 Å². The average Bonchev–Trinajstić information content (AvgIpc) is 3.34. The van der Waals surface area contributed by atoms with Gasteiger partial charge in [0.2, 0.25) is 0 Å². The van der Waals surface area contributed by atoms with E-state index in [4.69, 9.17) is 21.4 Å². The molecule has 2 heterocycles. The zero-order valence-electron chi connectivity index (χ0n) is 17.7. The van der Waals surface area contributed by atoms with Crippen LogP contribution in [0.2, 0.25) is 5.02 Å². The van der Waals surface area contributed by atoms with Crippen molar-refractivity contribution in [3.8, 4) is 5.75 Å². The summed E-state index contributed by atoms with van der Waals surface area (Å²) in [5, 5.41) is 7.33. The number of Topliss-reactive ketones (excluding diaryl/α,β-unsaturated/α-hetero) is 1. The van der Waals surface area contributed by atoms with Crippen LogP contribution in [-0.2, 0) is 4.79 Å². The van der Waals surface area contributed by atoms with Crippen LogP contribution in [0.25, 0.3) is 0 Å². The molecule has 0 unspecified atom stereocenters. The van der Waals surface area contributed by atoms with E-state index in [0.717, 1.165) is 27.1 Å². The SMILES string of the molecule is COc1ccc(C2=NN(CN3C(=O)C(=O)c4ccc(Br)cc43)[C@H](c3ccccc3Cl)C2)cc1. The molecular formula is C25H19BrClN3O3. The first-order chi connectivity index (χ1) is 16.0. The molecule has 3 aromatic rings. The van der Waals surface area contributed by atoms with Gasteiger partial charge in [-0.15, -0.1) is 0 Å².